The second-order valence-corrected chi connectivity index (χ2v) is 6.66. The van der Waals surface area contributed by atoms with Crippen LogP contribution in [0.3, 0.4) is 0 Å². The van der Waals surface area contributed by atoms with E-state index in [2.05, 4.69) is 5.32 Å². The van der Waals surface area contributed by atoms with E-state index in [-0.39, 0.29) is 6.54 Å². The molecule has 0 aliphatic carbocycles. The molecule has 1 heterocycles. The number of carbonyl (C=O) groups is 2. The van der Waals surface area contributed by atoms with Crippen LogP contribution in [0.4, 0.5) is 4.79 Å². The number of rotatable bonds is 3. The number of carbonyl (C=O) groups excluding carboxylic acids is 2. The lowest BCUT2D eigenvalue weighted by Gasteiger charge is -2.31. The highest BCUT2D eigenvalue weighted by Crippen LogP contribution is 2.21. The van der Waals surface area contributed by atoms with Crippen molar-refractivity contribution in [3.8, 4) is 0 Å². The van der Waals surface area contributed by atoms with Gasteiger partial charge in [-0.05, 0) is 13.8 Å². The minimum absolute atomic E-state index is 0.107. The number of nitrogens with one attached hydrogen (secondary N) is 1. The van der Waals surface area contributed by atoms with Gasteiger partial charge >= 0.3 is 6.03 Å². The van der Waals surface area contributed by atoms with Crippen LogP contribution in [-0.4, -0.2) is 43.1 Å². The summed E-state index contributed by atoms with van der Waals surface area (Å²) in [6, 6.07) is -0.592. The number of hydrogen-bond acceptors (Lipinski definition) is 4. The van der Waals surface area contributed by atoms with E-state index in [1.54, 1.807) is 0 Å². The van der Waals surface area contributed by atoms with Crippen LogP contribution in [-0.2, 0) is 13.8 Å². The van der Waals surface area contributed by atoms with Crippen molar-refractivity contribution in [3.63, 3.8) is 0 Å². The SMILES string of the molecule is CC(C)(CS(=O)(=O)Cl)N1C(=O)CNC1=O. The van der Waals surface area contributed by atoms with Gasteiger partial charge in [-0.2, -0.15) is 0 Å². The maximum Gasteiger partial charge on any atom is 0.325 e. The third kappa shape index (κ3) is 2.82. The van der Waals surface area contributed by atoms with Crippen LogP contribution in [0.2, 0.25) is 0 Å². The first-order valence-corrected chi connectivity index (χ1v) is 6.64. The molecular weight excluding hydrogens is 244 g/mol. The standard InChI is InChI=1S/C7H11ClN2O4S/c1-7(2,4-15(8,13)14)10-5(11)3-9-6(10)12/h3-4H2,1-2H3,(H,9,12). The van der Waals surface area contributed by atoms with Crippen LogP contribution >= 0.6 is 10.7 Å². The summed E-state index contributed by atoms with van der Waals surface area (Å²) in [5.41, 5.74) is -1.14. The quantitative estimate of drug-likeness (QED) is 0.562. The van der Waals surface area contributed by atoms with Crippen molar-refractivity contribution in [2.24, 2.45) is 0 Å². The molecule has 1 aliphatic rings. The summed E-state index contributed by atoms with van der Waals surface area (Å²) < 4.78 is 21.8. The van der Waals surface area contributed by atoms with E-state index in [4.69, 9.17) is 10.7 Å². The van der Waals surface area contributed by atoms with Gasteiger partial charge in [0.25, 0.3) is 5.91 Å². The van der Waals surface area contributed by atoms with Gasteiger partial charge in [0.1, 0.15) is 0 Å². The van der Waals surface area contributed by atoms with Crippen molar-refractivity contribution in [2.45, 2.75) is 19.4 Å². The van der Waals surface area contributed by atoms with Crippen LogP contribution in [0, 0.1) is 0 Å². The number of nitrogens with zero attached hydrogens (tertiary/aromatic N) is 1. The van der Waals surface area contributed by atoms with Gasteiger partial charge in [0.2, 0.25) is 9.05 Å². The Labute approximate surface area is 92.0 Å². The van der Waals surface area contributed by atoms with Crippen molar-refractivity contribution in [1.82, 2.24) is 10.2 Å². The van der Waals surface area contributed by atoms with E-state index in [9.17, 15) is 18.0 Å². The van der Waals surface area contributed by atoms with Gasteiger partial charge < -0.3 is 5.32 Å². The van der Waals surface area contributed by atoms with Gasteiger partial charge in [-0.25, -0.2) is 13.2 Å². The molecule has 8 heteroatoms. The number of imide groups is 1. The Hall–Kier alpha value is -0.820. The summed E-state index contributed by atoms with van der Waals surface area (Å²) in [4.78, 5) is 23.5. The molecule has 6 nitrogen and oxygen atoms in total. The molecule has 15 heavy (non-hydrogen) atoms. The predicted octanol–water partition coefficient (Wildman–Crippen LogP) is -0.115. The van der Waals surface area contributed by atoms with E-state index in [0.717, 1.165) is 4.90 Å². The van der Waals surface area contributed by atoms with Crippen molar-refractivity contribution in [3.05, 3.63) is 0 Å². The van der Waals surface area contributed by atoms with Crippen molar-refractivity contribution in [2.75, 3.05) is 12.3 Å². The number of halogens is 1. The lowest BCUT2D eigenvalue weighted by molar-refractivity contribution is -0.128. The summed E-state index contributed by atoms with van der Waals surface area (Å²) in [5.74, 6) is -0.925. The molecule has 1 rings (SSSR count). The number of urea groups is 1. The topological polar surface area (TPSA) is 83.6 Å². The fourth-order valence-corrected chi connectivity index (χ4v) is 3.30. The average molecular weight is 255 g/mol. The maximum atomic E-state index is 11.3. The van der Waals surface area contributed by atoms with Gasteiger partial charge in [0.15, 0.2) is 0 Å². The minimum atomic E-state index is -3.77. The molecule has 86 valence electrons. The fourth-order valence-electron chi connectivity index (χ4n) is 1.52. The first kappa shape index (κ1) is 12.3. The fraction of sp³-hybridized carbons (Fsp3) is 0.714. The van der Waals surface area contributed by atoms with Gasteiger partial charge in [0, 0.05) is 10.7 Å². The van der Waals surface area contributed by atoms with Gasteiger partial charge in [-0.3, -0.25) is 9.69 Å². The molecule has 0 unspecified atom stereocenters. The Balaban J connectivity index is 2.95. The molecule has 0 radical (unpaired) electrons. The normalized spacial score (nSPS) is 18.2. The zero-order chi connectivity index (χ0) is 11.9. The monoisotopic (exact) mass is 254 g/mol. The van der Waals surface area contributed by atoms with Crippen molar-refractivity contribution < 1.29 is 18.0 Å². The largest absolute Gasteiger partial charge is 0.329 e. The number of hydrogen-bond donors (Lipinski definition) is 1. The van der Waals surface area contributed by atoms with E-state index in [0.29, 0.717) is 0 Å². The Kier molecular flexibility index (Phi) is 2.97. The molecule has 0 atom stereocenters. The average Bonchev–Trinajstić information content (AvgIpc) is 2.25. The highest BCUT2D eigenvalue weighted by atomic mass is 35.7. The summed E-state index contributed by atoms with van der Waals surface area (Å²) in [5, 5.41) is 2.31. The molecule has 3 amide bonds. The molecule has 0 aromatic carbocycles. The highest BCUT2D eigenvalue weighted by molar-refractivity contribution is 8.13. The molecule has 1 saturated heterocycles. The van der Waals surface area contributed by atoms with Crippen LogP contribution < -0.4 is 5.32 Å². The Morgan fingerprint density at radius 3 is 2.33 bits per heavy atom. The zero-order valence-corrected chi connectivity index (χ0v) is 9.85. The lowest BCUT2D eigenvalue weighted by atomic mass is 10.1. The Bertz CT molecular complexity index is 387. The van der Waals surface area contributed by atoms with E-state index in [1.165, 1.54) is 13.8 Å². The summed E-state index contributed by atoms with van der Waals surface area (Å²) in [6.45, 7) is 2.83. The maximum absolute atomic E-state index is 11.3. The molecule has 0 aromatic rings. The van der Waals surface area contributed by atoms with Crippen LogP contribution in [0.5, 0.6) is 0 Å². The van der Waals surface area contributed by atoms with Crippen LogP contribution in [0.25, 0.3) is 0 Å². The van der Waals surface area contributed by atoms with E-state index >= 15 is 0 Å². The van der Waals surface area contributed by atoms with E-state index < -0.39 is 32.3 Å². The second-order valence-electron chi connectivity index (χ2n) is 3.88. The van der Waals surface area contributed by atoms with Gasteiger partial charge in [0.05, 0.1) is 17.8 Å². The van der Waals surface area contributed by atoms with Crippen molar-refractivity contribution in [1.29, 1.82) is 0 Å². The molecule has 1 fully saturated rings. The molecule has 0 spiro atoms. The van der Waals surface area contributed by atoms with Crippen LogP contribution in [0.15, 0.2) is 0 Å². The predicted molar refractivity (Wildman–Crippen MR) is 54.0 cm³/mol. The summed E-state index contributed by atoms with van der Waals surface area (Å²) >= 11 is 0. The first-order valence-electron chi connectivity index (χ1n) is 4.17. The first-order chi connectivity index (χ1) is 6.63. The zero-order valence-electron chi connectivity index (χ0n) is 8.28. The molecule has 1 N–H and O–H groups in total. The molecule has 0 aromatic heterocycles. The van der Waals surface area contributed by atoms with Crippen LogP contribution in [0.1, 0.15) is 13.8 Å². The molecule has 0 saturated carbocycles. The number of amides is 3. The lowest BCUT2D eigenvalue weighted by Crippen LogP contribution is -2.51. The molecule has 0 bridgehead atoms. The molecule has 1 aliphatic heterocycles. The van der Waals surface area contributed by atoms with E-state index in [1.807, 2.05) is 0 Å². The van der Waals surface area contributed by atoms with Gasteiger partial charge in [-0.15, -0.1) is 0 Å². The second kappa shape index (κ2) is 3.64. The minimum Gasteiger partial charge on any atom is -0.329 e. The Morgan fingerprint density at radius 2 is 2.00 bits per heavy atom. The third-order valence-electron chi connectivity index (χ3n) is 1.97. The van der Waals surface area contributed by atoms with Crippen molar-refractivity contribution >= 4 is 31.7 Å². The summed E-state index contributed by atoms with van der Waals surface area (Å²) in [6.07, 6.45) is 0. The highest BCUT2D eigenvalue weighted by Gasteiger charge is 2.42. The summed E-state index contributed by atoms with van der Waals surface area (Å²) in [7, 11) is 1.33. The smallest absolute Gasteiger partial charge is 0.325 e. The van der Waals surface area contributed by atoms with Gasteiger partial charge in [-0.1, -0.05) is 0 Å². The Morgan fingerprint density at radius 1 is 1.47 bits per heavy atom. The third-order valence-corrected chi connectivity index (χ3v) is 3.35. The molecular formula is C7H11ClN2O4S.